The highest BCUT2D eigenvalue weighted by Crippen LogP contribution is 2.28. The average Bonchev–Trinajstić information content (AvgIpc) is 3.42. The molecule has 1 aliphatic rings. The Bertz CT molecular complexity index is 923. The van der Waals surface area contributed by atoms with Gasteiger partial charge in [0.15, 0.2) is 5.76 Å². The third kappa shape index (κ3) is 4.40. The monoisotopic (exact) mass is 393 g/mol. The van der Waals surface area contributed by atoms with Crippen LogP contribution in [-0.2, 0) is 6.54 Å². The van der Waals surface area contributed by atoms with Crippen molar-refractivity contribution < 1.29 is 9.21 Å². The number of nitrogens with zero attached hydrogens (tertiary/aromatic N) is 5. The summed E-state index contributed by atoms with van der Waals surface area (Å²) < 4.78 is 7.37. The Balaban J connectivity index is 1.51. The first kappa shape index (κ1) is 19.4. The molecular weight excluding hydrogens is 366 g/mol. The van der Waals surface area contributed by atoms with Crippen molar-refractivity contribution in [1.82, 2.24) is 19.7 Å². The molecule has 3 aromatic heterocycles. The van der Waals surface area contributed by atoms with Gasteiger partial charge in [-0.3, -0.25) is 14.4 Å². The lowest BCUT2D eigenvalue weighted by Gasteiger charge is -2.42. The maximum absolute atomic E-state index is 13.3. The number of hydrogen-bond acceptors (Lipinski definition) is 5. The minimum Gasteiger partial charge on any atom is -0.459 e. The van der Waals surface area contributed by atoms with E-state index in [0.717, 1.165) is 38.2 Å². The van der Waals surface area contributed by atoms with Crippen LogP contribution in [0.3, 0.4) is 0 Å². The van der Waals surface area contributed by atoms with Crippen LogP contribution < -0.4 is 4.90 Å². The van der Waals surface area contributed by atoms with E-state index < -0.39 is 0 Å². The maximum Gasteiger partial charge on any atom is 0.295 e. The molecule has 0 unspecified atom stereocenters. The van der Waals surface area contributed by atoms with Crippen LogP contribution in [-0.4, -0.2) is 51.2 Å². The van der Waals surface area contributed by atoms with Crippen molar-refractivity contribution in [3.63, 3.8) is 0 Å². The minimum atomic E-state index is -0.130. The molecule has 29 heavy (non-hydrogen) atoms. The highest BCUT2D eigenvalue weighted by molar-refractivity contribution is 6.04. The Morgan fingerprint density at radius 2 is 2.17 bits per heavy atom. The summed E-state index contributed by atoms with van der Waals surface area (Å²) in [5, 5.41) is 4.28. The van der Waals surface area contributed by atoms with Gasteiger partial charge < -0.3 is 9.32 Å². The van der Waals surface area contributed by atoms with Crippen molar-refractivity contribution in [1.29, 1.82) is 0 Å². The molecular formula is C22H27N5O2. The molecule has 7 nitrogen and oxygen atoms in total. The Hall–Kier alpha value is -2.93. The lowest BCUT2D eigenvalue weighted by Crippen LogP contribution is -2.53. The van der Waals surface area contributed by atoms with E-state index in [4.69, 9.17) is 4.42 Å². The molecule has 3 aromatic rings. The van der Waals surface area contributed by atoms with Gasteiger partial charge in [0.25, 0.3) is 5.91 Å². The second kappa shape index (κ2) is 8.61. The van der Waals surface area contributed by atoms with E-state index in [0.29, 0.717) is 17.5 Å². The summed E-state index contributed by atoms with van der Waals surface area (Å²) in [6, 6.07) is 9.40. The summed E-state index contributed by atoms with van der Waals surface area (Å²) in [7, 11) is 0. The van der Waals surface area contributed by atoms with Gasteiger partial charge in [0.05, 0.1) is 12.8 Å². The van der Waals surface area contributed by atoms with E-state index >= 15 is 0 Å². The number of rotatable bonds is 6. The Kier molecular flexibility index (Phi) is 5.76. The van der Waals surface area contributed by atoms with Gasteiger partial charge in [0, 0.05) is 44.3 Å². The number of likely N-dealkylation sites (tertiary alicyclic amines) is 1. The van der Waals surface area contributed by atoms with Crippen molar-refractivity contribution in [3.8, 4) is 0 Å². The molecule has 7 heteroatoms. The summed E-state index contributed by atoms with van der Waals surface area (Å²) in [6.45, 7) is 7.92. The van der Waals surface area contributed by atoms with Crippen LogP contribution in [0.5, 0.6) is 0 Å². The molecule has 0 spiro atoms. The molecule has 0 aliphatic carbocycles. The average molecular weight is 393 g/mol. The Labute approximate surface area is 170 Å². The largest absolute Gasteiger partial charge is 0.459 e. The molecule has 0 saturated carbocycles. The van der Waals surface area contributed by atoms with Crippen LogP contribution in [0.25, 0.3) is 0 Å². The zero-order chi connectivity index (χ0) is 20.2. The van der Waals surface area contributed by atoms with Gasteiger partial charge >= 0.3 is 0 Å². The van der Waals surface area contributed by atoms with E-state index in [9.17, 15) is 4.79 Å². The zero-order valence-corrected chi connectivity index (χ0v) is 16.9. The van der Waals surface area contributed by atoms with Gasteiger partial charge in [-0.05, 0) is 55.2 Å². The van der Waals surface area contributed by atoms with Crippen LogP contribution in [0, 0.1) is 12.8 Å². The number of carbonyl (C=O) groups excluding carboxylic acids is 1. The molecule has 4 rings (SSSR count). The molecule has 4 heterocycles. The predicted octanol–water partition coefficient (Wildman–Crippen LogP) is 3.24. The predicted molar refractivity (Wildman–Crippen MR) is 111 cm³/mol. The van der Waals surface area contributed by atoms with E-state index in [-0.39, 0.29) is 11.9 Å². The number of aromatic nitrogens is 3. The number of piperidine rings is 1. The number of pyridine rings is 1. The van der Waals surface area contributed by atoms with Crippen molar-refractivity contribution in [2.24, 2.45) is 5.92 Å². The van der Waals surface area contributed by atoms with E-state index in [1.807, 2.05) is 47.1 Å². The van der Waals surface area contributed by atoms with Crippen molar-refractivity contribution in [3.05, 3.63) is 66.5 Å². The second-order valence-corrected chi connectivity index (χ2v) is 7.75. The standard InChI is InChI=1S/C22H27N5O2/c1-17-6-9-23-21(15-17)27(22(28)20-5-3-14-29-20)19-7-11-25(16-18(19)2)12-13-26-10-4-8-24-26/h3-6,8-10,14-15,18-19H,7,11-13,16H2,1-2H3/t18-,19+/m1/s1. The van der Waals surface area contributed by atoms with E-state index in [2.05, 4.69) is 21.9 Å². The molecule has 1 amide bonds. The number of anilines is 1. The summed E-state index contributed by atoms with van der Waals surface area (Å²) in [4.78, 5) is 22.1. The fraction of sp³-hybridized carbons (Fsp3) is 0.409. The summed E-state index contributed by atoms with van der Waals surface area (Å²) in [5.74, 6) is 1.22. The Morgan fingerprint density at radius 1 is 1.28 bits per heavy atom. The zero-order valence-electron chi connectivity index (χ0n) is 16.9. The number of aryl methyl sites for hydroxylation is 1. The van der Waals surface area contributed by atoms with Crippen LogP contribution in [0.15, 0.2) is 59.6 Å². The van der Waals surface area contributed by atoms with Gasteiger partial charge in [-0.15, -0.1) is 0 Å². The topological polar surface area (TPSA) is 67.4 Å². The summed E-state index contributed by atoms with van der Waals surface area (Å²) in [6.07, 6.45) is 7.99. The number of amides is 1. The maximum atomic E-state index is 13.3. The fourth-order valence-electron chi connectivity index (χ4n) is 4.08. The smallest absolute Gasteiger partial charge is 0.295 e. The van der Waals surface area contributed by atoms with Gasteiger partial charge in [-0.25, -0.2) is 4.98 Å². The number of carbonyl (C=O) groups is 1. The third-order valence-electron chi connectivity index (χ3n) is 5.58. The van der Waals surface area contributed by atoms with Gasteiger partial charge in [-0.1, -0.05) is 6.92 Å². The molecule has 1 fully saturated rings. The highest BCUT2D eigenvalue weighted by Gasteiger charge is 2.36. The molecule has 1 saturated heterocycles. The molecule has 1 aliphatic heterocycles. The number of furan rings is 1. The first-order chi connectivity index (χ1) is 14.1. The molecule has 152 valence electrons. The van der Waals surface area contributed by atoms with E-state index in [1.54, 1.807) is 18.3 Å². The van der Waals surface area contributed by atoms with Crippen LogP contribution in [0.1, 0.15) is 29.5 Å². The van der Waals surface area contributed by atoms with Crippen molar-refractivity contribution in [2.45, 2.75) is 32.9 Å². The molecule has 0 bridgehead atoms. The molecule has 0 aromatic carbocycles. The Morgan fingerprint density at radius 3 is 2.86 bits per heavy atom. The van der Waals surface area contributed by atoms with Gasteiger partial charge in [-0.2, -0.15) is 5.10 Å². The third-order valence-corrected chi connectivity index (χ3v) is 5.58. The summed E-state index contributed by atoms with van der Waals surface area (Å²) in [5.41, 5.74) is 1.08. The lowest BCUT2D eigenvalue weighted by atomic mass is 9.92. The lowest BCUT2D eigenvalue weighted by molar-refractivity contribution is 0.0902. The minimum absolute atomic E-state index is 0.0721. The SMILES string of the molecule is Cc1ccnc(N(C(=O)c2ccco2)[C@H]2CCN(CCn3cccn3)C[C@H]2C)c1. The van der Waals surface area contributed by atoms with Crippen LogP contribution in [0.2, 0.25) is 0 Å². The first-order valence-electron chi connectivity index (χ1n) is 10.1. The molecule has 0 N–H and O–H groups in total. The normalized spacial score (nSPS) is 19.9. The van der Waals surface area contributed by atoms with Gasteiger partial charge in [0.1, 0.15) is 5.82 Å². The molecule has 2 atom stereocenters. The van der Waals surface area contributed by atoms with Crippen molar-refractivity contribution in [2.75, 3.05) is 24.5 Å². The van der Waals surface area contributed by atoms with Crippen LogP contribution in [0.4, 0.5) is 5.82 Å². The first-order valence-corrected chi connectivity index (χ1v) is 10.1. The highest BCUT2D eigenvalue weighted by atomic mass is 16.3. The quantitative estimate of drug-likeness (QED) is 0.643. The number of hydrogen-bond donors (Lipinski definition) is 0. The van der Waals surface area contributed by atoms with Gasteiger partial charge in [0.2, 0.25) is 0 Å². The second-order valence-electron chi connectivity index (χ2n) is 7.75. The van der Waals surface area contributed by atoms with E-state index in [1.165, 1.54) is 6.26 Å². The van der Waals surface area contributed by atoms with Crippen molar-refractivity contribution >= 4 is 11.7 Å². The van der Waals surface area contributed by atoms with Crippen LogP contribution >= 0.6 is 0 Å². The fourth-order valence-corrected chi connectivity index (χ4v) is 4.08. The molecule has 0 radical (unpaired) electrons. The summed E-state index contributed by atoms with van der Waals surface area (Å²) >= 11 is 0.